The van der Waals surface area contributed by atoms with Gasteiger partial charge in [-0.05, 0) is 31.2 Å². The van der Waals surface area contributed by atoms with Gasteiger partial charge in [0.2, 0.25) is 0 Å². The molecule has 0 fully saturated rings. The lowest BCUT2D eigenvalue weighted by molar-refractivity contribution is 0.0526. The molecule has 66 valence electrons. The van der Waals surface area contributed by atoms with E-state index in [2.05, 4.69) is 0 Å². The van der Waals surface area contributed by atoms with Crippen LogP contribution in [0.3, 0.4) is 0 Å². The highest BCUT2D eigenvalue weighted by atomic mass is 16.5. The van der Waals surface area contributed by atoms with Crippen molar-refractivity contribution in [1.29, 1.82) is 0 Å². The van der Waals surface area contributed by atoms with Gasteiger partial charge in [0.1, 0.15) is 0 Å². The summed E-state index contributed by atoms with van der Waals surface area (Å²) >= 11 is 0. The molecule has 2 N–H and O–H groups in total. The van der Waals surface area contributed by atoms with E-state index < -0.39 is 0 Å². The largest absolute Gasteiger partial charge is 0.462 e. The standard InChI is InChI=1S/C9H11NO2.H2/c1-2-12-9(11)7-3-5-8(10)6-4-7;/h3-6H,2,10H2,1H3;1H. The van der Waals surface area contributed by atoms with E-state index in [1.807, 2.05) is 0 Å². The minimum Gasteiger partial charge on any atom is -0.462 e. The number of benzene rings is 1. The Bertz CT molecular complexity index is 271. The first-order valence-electron chi connectivity index (χ1n) is 3.76. The Hall–Kier alpha value is -1.51. The maximum Gasteiger partial charge on any atom is 0.338 e. The van der Waals surface area contributed by atoms with Crippen LogP contribution in [0.2, 0.25) is 0 Å². The van der Waals surface area contributed by atoms with Crippen molar-refractivity contribution in [2.24, 2.45) is 0 Å². The fourth-order valence-electron chi connectivity index (χ4n) is 0.834. The van der Waals surface area contributed by atoms with Crippen LogP contribution in [-0.2, 0) is 4.74 Å². The molecule has 1 aromatic carbocycles. The number of ether oxygens (including phenoxy) is 1. The van der Waals surface area contributed by atoms with Crippen LogP contribution < -0.4 is 5.73 Å². The molecule has 0 radical (unpaired) electrons. The second-order valence-electron chi connectivity index (χ2n) is 2.34. The fraction of sp³-hybridized carbons (Fsp3) is 0.222. The molecule has 0 amide bonds. The molecule has 0 saturated heterocycles. The molecule has 12 heavy (non-hydrogen) atoms. The van der Waals surface area contributed by atoms with Gasteiger partial charge in [0.25, 0.3) is 0 Å². The summed E-state index contributed by atoms with van der Waals surface area (Å²) in [7, 11) is 0. The van der Waals surface area contributed by atoms with Gasteiger partial charge in [0.15, 0.2) is 0 Å². The smallest absolute Gasteiger partial charge is 0.338 e. The molecule has 0 aliphatic rings. The van der Waals surface area contributed by atoms with Gasteiger partial charge in [-0.15, -0.1) is 0 Å². The summed E-state index contributed by atoms with van der Waals surface area (Å²) in [5, 5.41) is 0. The van der Waals surface area contributed by atoms with Gasteiger partial charge >= 0.3 is 5.97 Å². The molecule has 0 aliphatic carbocycles. The lowest BCUT2D eigenvalue weighted by atomic mass is 10.2. The topological polar surface area (TPSA) is 52.3 Å². The predicted octanol–water partition coefficient (Wildman–Crippen LogP) is 1.69. The summed E-state index contributed by atoms with van der Waals surface area (Å²) in [6.07, 6.45) is 0. The number of rotatable bonds is 2. The van der Waals surface area contributed by atoms with Gasteiger partial charge in [-0.1, -0.05) is 0 Å². The maximum atomic E-state index is 11.1. The molecule has 1 aromatic rings. The van der Waals surface area contributed by atoms with Gasteiger partial charge in [-0.25, -0.2) is 4.79 Å². The van der Waals surface area contributed by atoms with Crippen molar-refractivity contribution in [3.05, 3.63) is 29.8 Å². The maximum absolute atomic E-state index is 11.1. The van der Waals surface area contributed by atoms with Crippen LogP contribution >= 0.6 is 0 Å². The average Bonchev–Trinajstić information content (AvgIpc) is 2.06. The van der Waals surface area contributed by atoms with Crippen molar-refractivity contribution in [3.63, 3.8) is 0 Å². The molecule has 0 saturated carbocycles. The molecule has 1 rings (SSSR count). The van der Waals surface area contributed by atoms with Crippen LogP contribution in [0.25, 0.3) is 0 Å². The van der Waals surface area contributed by atoms with Crippen LogP contribution in [0, 0.1) is 0 Å². The lowest BCUT2D eigenvalue weighted by Crippen LogP contribution is -2.04. The van der Waals surface area contributed by atoms with Gasteiger partial charge in [0, 0.05) is 7.11 Å². The number of anilines is 1. The number of nitrogens with two attached hydrogens (primary N) is 1. The van der Waals surface area contributed by atoms with E-state index in [0.29, 0.717) is 17.9 Å². The Morgan fingerprint density at radius 2 is 2.08 bits per heavy atom. The summed E-state index contributed by atoms with van der Waals surface area (Å²) in [4.78, 5) is 11.1. The minimum absolute atomic E-state index is 0. The van der Waals surface area contributed by atoms with Crippen molar-refractivity contribution >= 4 is 11.7 Å². The highest BCUT2D eigenvalue weighted by Gasteiger charge is 2.03. The van der Waals surface area contributed by atoms with E-state index in [4.69, 9.17) is 10.5 Å². The number of hydrogen-bond acceptors (Lipinski definition) is 3. The van der Waals surface area contributed by atoms with E-state index in [0.717, 1.165) is 0 Å². The molecular formula is C9H13NO2. The van der Waals surface area contributed by atoms with Crippen molar-refractivity contribution in [2.45, 2.75) is 6.92 Å². The molecular weight excluding hydrogens is 154 g/mol. The van der Waals surface area contributed by atoms with Gasteiger partial charge < -0.3 is 10.5 Å². The second kappa shape index (κ2) is 3.76. The molecule has 3 heteroatoms. The Labute approximate surface area is 72.6 Å². The Kier molecular flexibility index (Phi) is 2.69. The number of carbonyl (C=O) groups is 1. The SMILES string of the molecule is CCOC(=O)c1ccc(N)cc1.[HH]. The average molecular weight is 167 g/mol. The second-order valence-corrected chi connectivity index (χ2v) is 2.34. The summed E-state index contributed by atoms with van der Waals surface area (Å²) in [6, 6.07) is 6.64. The molecule has 0 aromatic heterocycles. The van der Waals surface area contributed by atoms with Crippen molar-refractivity contribution in [3.8, 4) is 0 Å². The Balaban J connectivity index is 0.00000144. The van der Waals surface area contributed by atoms with E-state index in [1.165, 1.54) is 0 Å². The normalized spacial score (nSPS) is 9.42. The van der Waals surface area contributed by atoms with Gasteiger partial charge in [0.05, 0.1) is 12.2 Å². The van der Waals surface area contributed by atoms with Crippen LogP contribution in [0.15, 0.2) is 24.3 Å². The lowest BCUT2D eigenvalue weighted by Gasteiger charge is -2.00. The first kappa shape index (κ1) is 8.59. The quantitative estimate of drug-likeness (QED) is 0.538. The molecule has 0 unspecified atom stereocenters. The highest BCUT2D eigenvalue weighted by molar-refractivity contribution is 5.89. The van der Waals surface area contributed by atoms with E-state index >= 15 is 0 Å². The molecule has 0 spiro atoms. The summed E-state index contributed by atoms with van der Waals surface area (Å²) in [5.74, 6) is -0.308. The fourth-order valence-corrected chi connectivity index (χ4v) is 0.834. The zero-order chi connectivity index (χ0) is 8.97. The summed E-state index contributed by atoms with van der Waals surface area (Å²) in [6.45, 7) is 2.17. The van der Waals surface area contributed by atoms with E-state index in [9.17, 15) is 4.79 Å². The molecule has 3 nitrogen and oxygen atoms in total. The van der Waals surface area contributed by atoms with Crippen LogP contribution in [0.4, 0.5) is 5.69 Å². The van der Waals surface area contributed by atoms with Gasteiger partial charge in [-0.3, -0.25) is 0 Å². The highest BCUT2D eigenvalue weighted by Crippen LogP contribution is 2.06. The minimum atomic E-state index is -0.308. The van der Waals surface area contributed by atoms with Crippen LogP contribution in [-0.4, -0.2) is 12.6 Å². The number of hydrogen-bond donors (Lipinski definition) is 1. The number of esters is 1. The Morgan fingerprint density at radius 1 is 1.50 bits per heavy atom. The molecule has 0 bridgehead atoms. The molecule has 0 heterocycles. The third-order valence-electron chi connectivity index (χ3n) is 1.42. The third-order valence-corrected chi connectivity index (χ3v) is 1.42. The van der Waals surface area contributed by atoms with Crippen molar-refractivity contribution in [1.82, 2.24) is 0 Å². The predicted molar refractivity (Wildman–Crippen MR) is 48.9 cm³/mol. The zero-order valence-corrected chi connectivity index (χ0v) is 6.91. The monoisotopic (exact) mass is 167 g/mol. The van der Waals surface area contributed by atoms with Crippen molar-refractivity contribution < 1.29 is 11.0 Å². The zero-order valence-electron chi connectivity index (χ0n) is 6.91. The number of nitrogen functional groups attached to an aromatic ring is 1. The Morgan fingerprint density at radius 3 is 2.58 bits per heavy atom. The van der Waals surface area contributed by atoms with E-state index in [1.54, 1.807) is 31.2 Å². The molecule has 0 aliphatic heterocycles. The van der Waals surface area contributed by atoms with Gasteiger partial charge in [-0.2, -0.15) is 0 Å². The summed E-state index contributed by atoms with van der Waals surface area (Å²) in [5.41, 5.74) is 6.62. The third kappa shape index (κ3) is 1.99. The van der Waals surface area contributed by atoms with Crippen LogP contribution in [0.5, 0.6) is 0 Å². The first-order chi connectivity index (χ1) is 5.74. The molecule has 0 atom stereocenters. The van der Waals surface area contributed by atoms with Crippen LogP contribution in [0.1, 0.15) is 18.7 Å². The van der Waals surface area contributed by atoms with Crippen molar-refractivity contribution in [2.75, 3.05) is 12.3 Å². The number of carbonyl (C=O) groups excluding carboxylic acids is 1. The summed E-state index contributed by atoms with van der Waals surface area (Å²) < 4.78 is 4.79. The van der Waals surface area contributed by atoms with E-state index in [-0.39, 0.29) is 7.40 Å². The first-order valence-corrected chi connectivity index (χ1v) is 3.76.